The van der Waals surface area contributed by atoms with Gasteiger partial charge in [0.2, 0.25) is 0 Å². The van der Waals surface area contributed by atoms with Crippen LogP contribution in [0.2, 0.25) is 0 Å². The predicted octanol–water partition coefficient (Wildman–Crippen LogP) is 2.48. The molecule has 0 aromatic heterocycles. The van der Waals surface area contributed by atoms with Gasteiger partial charge in [-0.25, -0.2) is 0 Å². The van der Waals surface area contributed by atoms with E-state index in [4.69, 9.17) is 9.47 Å². The minimum absolute atomic E-state index is 0.558. The minimum Gasteiger partial charge on any atom is -0.496 e. The molecule has 0 aliphatic carbocycles. The molecule has 17 heavy (non-hydrogen) atoms. The first-order valence-electron chi connectivity index (χ1n) is 6.18. The summed E-state index contributed by atoms with van der Waals surface area (Å²) < 4.78 is 11.1. The summed E-state index contributed by atoms with van der Waals surface area (Å²) in [4.78, 5) is 2.37. The van der Waals surface area contributed by atoms with Gasteiger partial charge in [-0.2, -0.15) is 0 Å². The largest absolute Gasteiger partial charge is 0.496 e. The van der Waals surface area contributed by atoms with E-state index < -0.39 is 0 Å². The van der Waals surface area contributed by atoms with Gasteiger partial charge in [0.15, 0.2) is 0 Å². The van der Waals surface area contributed by atoms with Crippen LogP contribution in [0.4, 0.5) is 0 Å². The van der Waals surface area contributed by atoms with Crippen LogP contribution in [-0.4, -0.2) is 38.3 Å². The highest BCUT2D eigenvalue weighted by Crippen LogP contribution is 2.24. The van der Waals surface area contributed by atoms with Gasteiger partial charge in [0.1, 0.15) is 18.1 Å². The molecule has 1 saturated heterocycles. The monoisotopic (exact) mass is 235 g/mol. The van der Waals surface area contributed by atoms with E-state index in [0.29, 0.717) is 6.04 Å². The van der Waals surface area contributed by atoms with Gasteiger partial charge in [0, 0.05) is 12.1 Å². The van der Waals surface area contributed by atoms with Crippen LogP contribution < -0.4 is 9.47 Å². The molecule has 1 heterocycles. The molecule has 1 fully saturated rings. The van der Waals surface area contributed by atoms with Gasteiger partial charge < -0.3 is 14.4 Å². The second-order valence-electron chi connectivity index (χ2n) is 4.72. The van der Waals surface area contributed by atoms with E-state index in [-0.39, 0.29) is 0 Å². The Balaban J connectivity index is 1.94. The summed E-state index contributed by atoms with van der Waals surface area (Å²) in [6, 6.07) is 6.56. The Morgan fingerprint density at radius 3 is 2.88 bits per heavy atom. The maximum Gasteiger partial charge on any atom is 0.125 e. The van der Waals surface area contributed by atoms with Crippen molar-refractivity contribution in [3.8, 4) is 11.5 Å². The van der Waals surface area contributed by atoms with Gasteiger partial charge in [-0.3, -0.25) is 0 Å². The number of aryl methyl sites for hydroxylation is 1. The van der Waals surface area contributed by atoms with Crippen LogP contribution in [-0.2, 0) is 0 Å². The van der Waals surface area contributed by atoms with Crippen LogP contribution in [0.25, 0.3) is 0 Å². The first kappa shape index (κ1) is 12.2. The van der Waals surface area contributed by atoms with E-state index in [1.165, 1.54) is 19.4 Å². The van der Waals surface area contributed by atoms with Gasteiger partial charge in [-0.1, -0.05) is 6.07 Å². The van der Waals surface area contributed by atoms with Crippen molar-refractivity contribution in [1.82, 2.24) is 4.90 Å². The number of ether oxygens (including phenoxy) is 2. The summed E-state index contributed by atoms with van der Waals surface area (Å²) in [5.41, 5.74) is 1.14. The molecular formula is C14H21NO2. The minimum atomic E-state index is 0.558. The van der Waals surface area contributed by atoms with E-state index >= 15 is 0 Å². The van der Waals surface area contributed by atoms with Crippen LogP contribution >= 0.6 is 0 Å². The molecule has 2 rings (SSSR count). The molecule has 0 saturated carbocycles. The van der Waals surface area contributed by atoms with Crippen molar-refractivity contribution < 1.29 is 9.47 Å². The Labute approximate surface area is 103 Å². The molecule has 0 amide bonds. The molecule has 0 unspecified atom stereocenters. The number of hydrogen-bond donors (Lipinski definition) is 0. The van der Waals surface area contributed by atoms with Crippen molar-refractivity contribution in [2.45, 2.75) is 25.8 Å². The number of methoxy groups -OCH3 is 1. The highest BCUT2D eigenvalue weighted by atomic mass is 16.5. The third kappa shape index (κ3) is 2.91. The van der Waals surface area contributed by atoms with E-state index in [9.17, 15) is 0 Å². The number of nitrogens with zero attached hydrogens (tertiary/aromatic N) is 1. The molecule has 0 radical (unpaired) electrons. The predicted molar refractivity (Wildman–Crippen MR) is 68.9 cm³/mol. The maximum absolute atomic E-state index is 5.84. The van der Waals surface area contributed by atoms with Crippen LogP contribution in [0.3, 0.4) is 0 Å². The molecule has 3 heteroatoms. The van der Waals surface area contributed by atoms with E-state index in [0.717, 1.165) is 23.7 Å². The second-order valence-corrected chi connectivity index (χ2v) is 4.72. The molecule has 0 N–H and O–H groups in total. The number of benzene rings is 1. The van der Waals surface area contributed by atoms with Crippen LogP contribution in [0.5, 0.6) is 11.5 Å². The lowest BCUT2D eigenvalue weighted by atomic mass is 10.2. The van der Waals surface area contributed by atoms with Gasteiger partial charge in [0.05, 0.1) is 7.11 Å². The first-order chi connectivity index (χ1) is 8.20. The Kier molecular flexibility index (Phi) is 3.89. The van der Waals surface area contributed by atoms with Crippen molar-refractivity contribution in [3.05, 3.63) is 23.8 Å². The van der Waals surface area contributed by atoms with Crippen molar-refractivity contribution in [3.63, 3.8) is 0 Å². The highest BCUT2D eigenvalue weighted by Gasteiger charge is 2.21. The Hall–Kier alpha value is -1.22. The fraction of sp³-hybridized carbons (Fsp3) is 0.571. The van der Waals surface area contributed by atoms with E-state index in [1.807, 2.05) is 25.1 Å². The van der Waals surface area contributed by atoms with Crippen molar-refractivity contribution in [2.75, 3.05) is 27.3 Å². The molecule has 1 aliphatic heterocycles. The average Bonchev–Trinajstić information content (AvgIpc) is 2.74. The summed E-state index contributed by atoms with van der Waals surface area (Å²) in [6.07, 6.45) is 2.52. The molecule has 1 aromatic carbocycles. The number of rotatable bonds is 4. The van der Waals surface area contributed by atoms with E-state index in [1.54, 1.807) is 7.11 Å². The zero-order chi connectivity index (χ0) is 12.3. The van der Waals surface area contributed by atoms with Crippen LogP contribution in [0.15, 0.2) is 18.2 Å². The van der Waals surface area contributed by atoms with Gasteiger partial charge in [-0.05, 0) is 45.0 Å². The summed E-state index contributed by atoms with van der Waals surface area (Å²) in [6.45, 7) is 3.99. The zero-order valence-electron chi connectivity index (χ0n) is 10.9. The van der Waals surface area contributed by atoms with Gasteiger partial charge >= 0.3 is 0 Å². The fourth-order valence-corrected chi connectivity index (χ4v) is 2.27. The molecule has 94 valence electrons. The van der Waals surface area contributed by atoms with Crippen LogP contribution in [0.1, 0.15) is 18.4 Å². The third-order valence-electron chi connectivity index (χ3n) is 3.49. The quantitative estimate of drug-likeness (QED) is 0.800. The van der Waals surface area contributed by atoms with Gasteiger partial charge in [0.25, 0.3) is 0 Å². The summed E-state index contributed by atoms with van der Waals surface area (Å²) in [5.74, 6) is 1.79. The van der Waals surface area contributed by atoms with E-state index in [2.05, 4.69) is 11.9 Å². The summed E-state index contributed by atoms with van der Waals surface area (Å²) in [5, 5.41) is 0. The first-order valence-corrected chi connectivity index (χ1v) is 6.18. The maximum atomic E-state index is 5.84. The van der Waals surface area contributed by atoms with Crippen LogP contribution in [0, 0.1) is 6.92 Å². The van der Waals surface area contributed by atoms with Crippen molar-refractivity contribution in [1.29, 1.82) is 0 Å². The zero-order valence-corrected chi connectivity index (χ0v) is 10.9. The van der Waals surface area contributed by atoms with Crippen molar-refractivity contribution in [2.24, 2.45) is 0 Å². The lowest BCUT2D eigenvalue weighted by Crippen LogP contribution is -2.30. The lowest BCUT2D eigenvalue weighted by molar-refractivity contribution is 0.198. The Morgan fingerprint density at radius 2 is 2.24 bits per heavy atom. The lowest BCUT2D eigenvalue weighted by Gasteiger charge is -2.20. The SMILES string of the molecule is COc1cc(OC[C@H]2CCCN2C)ccc1C. The Morgan fingerprint density at radius 1 is 1.41 bits per heavy atom. The average molecular weight is 235 g/mol. The molecule has 0 spiro atoms. The summed E-state index contributed by atoms with van der Waals surface area (Å²) >= 11 is 0. The smallest absolute Gasteiger partial charge is 0.125 e. The topological polar surface area (TPSA) is 21.7 Å². The summed E-state index contributed by atoms with van der Waals surface area (Å²) in [7, 11) is 3.85. The van der Waals surface area contributed by atoms with Crippen molar-refractivity contribution >= 4 is 0 Å². The number of hydrogen-bond acceptors (Lipinski definition) is 3. The second kappa shape index (κ2) is 5.41. The standard InChI is InChI=1S/C14H21NO2/c1-11-6-7-13(9-14(11)16-3)17-10-12-5-4-8-15(12)2/h6-7,9,12H,4-5,8,10H2,1-3H3/t12-/m1/s1. The molecular weight excluding hydrogens is 214 g/mol. The molecule has 1 aromatic rings. The molecule has 1 atom stereocenters. The number of likely N-dealkylation sites (tertiary alicyclic amines) is 1. The Bertz CT molecular complexity index is 378. The van der Waals surface area contributed by atoms with Gasteiger partial charge in [-0.15, -0.1) is 0 Å². The normalized spacial score (nSPS) is 20.5. The molecule has 3 nitrogen and oxygen atoms in total. The molecule has 0 bridgehead atoms. The highest BCUT2D eigenvalue weighted by molar-refractivity contribution is 5.39. The molecule has 1 aliphatic rings. The fourth-order valence-electron chi connectivity index (χ4n) is 2.27. The third-order valence-corrected chi connectivity index (χ3v) is 3.49. The number of likely N-dealkylation sites (N-methyl/N-ethyl adjacent to an activating group) is 1.